The molecule has 0 aliphatic carbocycles. The van der Waals surface area contributed by atoms with Crippen molar-refractivity contribution in [2.45, 2.75) is 219 Å². The highest BCUT2D eigenvalue weighted by molar-refractivity contribution is 5.71. The molecule has 0 aliphatic heterocycles. The second-order valence-corrected chi connectivity index (χ2v) is 18.4. The topological polar surface area (TPSA) is 78.9 Å². The minimum Gasteiger partial charge on any atom is -0.462 e. The lowest BCUT2D eigenvalue weighted by Gasteiger charge is -2.18. The maximum absolute atomic E-state index is 12.8. The number of hydrogen-bond acceptors (Lipinski definition) is 6. The molecule has 0 aliphatic rings. The Labute approximate surface area is 459 Å². The first-order valence-corrected chi connectivity index (χ1v) is 29.3. The van der Waals surface area contributed by atoms with Gasteiger partial charge in [0, 0.05) is 19.3 Å². The summed E-state index contributed by atoms with van der Waals surface area (Å²) in [5.41, 5.74) is 0. The zero-order chi connectivity index (χ0) is 54.3. The molecule has 0 aromatic rings. The molecule has 416 valence electrons. The van der Waals surface area contributed by atoms with Gasteiger partial charge < -0.3 is 14.2 Å². The Morgan fingerprint density at radius 1 is 0.280 bits per heavy atom. The van der Waals surface area contributed by atoms with Crippen LogP contribution in [0.3, 0.4) is 0 Å². The molecular formula is C69H104O6. The van der Waals surface area contributed by atoms with Gasteiger partial charge in [0.05, 0.1) is 0 Å². The van der Waals surface area contributed by atoms with Crippen molar-refractivity contribution in [3.63, 3.8) is 0 Å². The molecule has 0 fully saturated rings. The SMILES string of the molecule is CC/C=C\C/C=C\C/C=C\C/C=C\C/C=C\C/C=C\C/C=C\C/C=C\CCCCC(=O)OCC(COC(=O)CCCCCCC)OC(=O)CCCCC/C=C\C/C=C\C/C=C\C/C=C\C/C=C\C/C=C\C/C=C\CC. The fraction of sp³-hybridized carbons (Fsp3) is 0.522. The summed E-state index contributed by atoms with van der Waals surface area (Å²) in [6.45, 7) is 6.23. The van der Waals surface area contributed by atoms with Crippen LogP contribution in [0.4, 0.5) is 0 Å². The van der Waals surface area contributed by atoms with Crippen LogP contribution in [-0.4, -0.2) is 37.2 Å². The van der Waals surface area contributed by atoms with Crippen LogP contribution in [0.25, 0.3) is 0 Å². The van der Waals surface area contributed by atoms with E-state index in [0.29, 0.717) is 19.3 Å². The molecule has 75 heavy (non-hydrogen) atoms. The van der Waals surface area contributed by atoms with Crippen molar-refractivity contribution in [3.05, 3.63) is 182 Å². The molecule has 1 atom stereocenters. The first-order chi connectivity index (χ1) is 37.0. The Bertz CT molecular complexity index is 1800. The van der Waals surface area contributed by atoms with Crippen molar-refractivity contribution >= 4 is 17.9 Å². The average Bonchev–Trinajstić information content (AvgIpc) is 3.41. The van der Waals surface area contributed by atoms with E-state index in [0.717, 1.165) is 161 Å². The number of hydrogen-bond donors (Lipinski definition) is 0. The lowest BCUT2D eigenvalue weighted by Crippen LogP contribution is -2.30. The zero-order valence-electron chi connectivity index (χ0n) is 47.5. The van der Waals surface area contributed by atoms with Gasteiger partial charge >= 0.3 is 17.9 Å². The van der Waals surface area contributed by atoms with Crippen LogP contribution in [-0.2, 0) is 28.6 Å². The van der Waals surface area contributed by atoms with Crippen molar-refractivity contribution in [3.8, 4) is 0 Å². The Morgan fingerprint density at radius 2 is 0.520 bits per heavy atom. The highest BCUT2D eigenvalue weighted by atomic mass is 16.6. The van der Waals surface area contributed by atoms with Crippen molar-refractivity contribution in [2.24, 2.45) is 0 Å². The number of esters is 3. The van der Waals surface area contributed by atoms with Gasteiger partial charge in [0.25, 0.3) is 0 Å². The van der Waals surface area contributed by atoms with Crippen LogP contribution in [0.15, 0.2) is 182 Å². The molecule has 0 saturated heterocycles. The number of allylic oxidation sites excluding steroid dienone is 30. The van der Waals surface area contributed by atoms with Gasteiger partial charge in [-0.25, -0.2) is 0 Å². The van der Waals surface area contributed by atoms with Crippen molar-refractivity contribution in [1.82, 2.24) is 0 Å². The molecule has 0 heterocycles. The standard InChI is InChI=1S/C69H104O6/c1-4-7-10-13-15-17-19-21-23-25-27-29-31-33-34-36-37-39-41-43-45-47-49-51-53-56-59-62-68(71)74-65-66(64-73-67(70)61-58-55-12-9-6-3)75-69(72)63-60-57-54-52-50-48-46-44-42-40-38-35-32-30-28-26-24-22-20-18-16-14-11-8-5-2/h7-8,10-11,15-18,21-24,27-30,33-35,37-39,42-45,48-51,66H,4-6,9,12-14,19-20,25-26,31-32,36,40-41,46-47,52-65H2,1-3H3/b10-7-,11-8-,17-15-,18-16-,23-21-,24-22-,29-27-,30-28-,34-33-,38-35-,39-37-,44-42-,45-43-,50-48-,51-49-. The summed E-state index contributed by atoms with van der Waals surface area (Å²) in [6.07, 6.45) is 92.2. The van der Waals surface area contributed by atoms with Gasteiger partial charge in [-0.05, 0) is 141 Å². The first-order valence-electron chi connectivity index (χ1n) is 29.3. The quantitative estimate of drug-likeness (QED) is 0.0261. The van der Waals surface area contributed by atoms with E-state index in [4.69, 9.17) is 14.2 Å². The minimum atomic E-state index is -0.821. The summed E-state index contributed by atoms with van der Waals surface area (Å²) < 4.78 is 16.6. The van der Waals surface area contributed by atoms with Crippen LogP contribution in [0.1, 0.15) is 213 Å². The van der Waals surface area contributed by atoms with Crippen molar-refractivity contribution in [2.75, 3.05) is 13.2 Å². The lowest BCUT2D eigenvalue weighted by atomic mass is 10.1. The summed E-state index contributed by atoms with van der Waals surface area (Å²) in [7, 11) is 0. The number of carbonyl (C=O) groups is 3. The third kappa shape index (κ3) is 59.3. The monoisotopic (exact) mass is 1030 g/mol. The van der Waals surface area contributed by atoms with Crippen LogP contribution in [0.2, 0.25) is 0 Å². The lowest BCUT2D eigenvalue weighted by molar-refractivity contribution is -0.167. The molecule has 0 amide bonds. The fourth-order valence-corrected chi connectivity index (χ4v) is 7.08. The Morgan fingerprint density at radius 3 is 0.827 bits per heavy atom. The molecule has 0 aromatic heterocycles. The highest BCUT2D eigenvalue weighted by Gasteiger charge is 2.19. The molecule has 0 aromatic carbocycles. The van der Waals surface area contributed by atoms with Gasteiger partial charge in [-0.1, -0.05) is 235 Å². The van der Waals surface area contributed by atoms with Gasteiger partial charge in [-0.15, -0.1) is 0 Å². The van der Waals surface area contributed by atoms with E-state index < -0.39 is 6.10 Å². The zero-order valence-corrected chi connectivity index (χ0v) is 47.5. The van der Waals surface area contributed by atoms with Crippen LogP contribution < -0.4 is 0 Å². The van der Waals surface area contributed by atoms with E-state index in [1.54, 1.807) is 0 Å². The summed E-state index contributed by atoms with van der Waals surface area (Å²) in [5.74, 6) is -1.02. The molecule has 6 heteroatoms. The maximum Gasteiger partial charge on any atom is 0.306 e. The summed E-state index contributed by atoms with van der Waals surface area (Å²) in [6, 6.07) is 0. The predicted octanol–water partition coefficient (Wildman–Crippen LogP) is 20.1. The molecule has 0 N–H and O–H groups in total. The second kappa shape index (κ2) is 61.1. The minimum absolute atomic E-state index is 0.116. The van der Waals surface area contributed by atoms with Gasteiger partial charge in [0.1, 0.15) is 13.2 Å². The number of unbranched alkanes of at least 4 members (excludes halogenated alkanes) is 9. The maximum atomic E-state index is 12.8. The third-order valence-electron chi connectivity index (χ3n) is 11.4. The number of carbonyl (C=O) groups excluding carboxylic acids is 3. The van der Waals surface area contributed by atoms with E-state index in [1.807, 2.05) is 0 Å². The summed E-state index contributed by atoms with van der Waals surface area (Å²) >= 11 is 0. The normalized spacial score (nSPS) is 13.5. The Kier molecular flexibility index (Phi) is 56.6. The first kappa shape index (κ1) is 69.5. The van der Waals surface area contributed by atoms with E-state index in [9.17, 15) is 14.4 Å². The molecule has 0 bridgehead atoms. The average molecular weight is 1030 g/mol. The van der Waals surface area contributed by atoms with Crippen molar-refractivity contribution < 1.29 is 28.6 Å². The van der Waals surface area contributed by atoms with Crippen LogP contribution in [0.5, 0.6) is 0 Å². The molecule has 1 unspecified atom stereocenters. The van der Waals surface area contributed by atoms with Gasteiger partial charge in [0.15, 0.2) is 6.10 Å². The molecule has 0 saturated carbocycles. The van der Waals surface area contributed by atoms with Crippen molar-refractivity contribution in [1.29, 1.82) is 0 Å². The largest absolute Gasteiger partial charge is 0.462 e. The second-order valence-electron chi connectivity index (χ2n) is 18.4. The number of rotatable bonds is 50. The molecule has 0 rings (SSSR count). The van der Waals surface area contributed by atoms with E-state index in [1.165, 1.54) is 0 Å². The third-order valence-corrected chi connectivity index (χ3v) is 11.4. The predicted molar refractivity (Wildman–Crippen MR) is 324 cm³/mol. The highest BCUT2D eigenvalue weighted by Crippen LogP contribution is 2.11. The smallest absolute Gasteiger partial charge is 0.306 e. The van der Waals surface area contributed by atoms with Gasteiger partial charge in [-0.3, -0.25) is 14.4 Å². The molecule has 0 radical (unpaired) electrons. The van der Waals surface area contributed by atoms with E-state index in [-0.39, 0.29) is 44.0 Å². The van der Waals surface area contributed by atoms with Crippen LogP contribution >= 0.6 is 0 Å². The molecular weight excluding hydrogens is 925 g/mol. The van der Waals surface area contributed by atoms with E-state index in [2.05, 4.69) is 203 Å². The fourth-order valence-electron chi connectivity index (χ4n) is 7.08. The van der Waals surface area contributed by atoms with E-state index >= 15 is 0 Å². The van der Waals surface area contributed by atoms with Crippen LogP contribution in [0, 0.1) is 0 Å². The summed E-state index contributed by atoms with van der Waals surface area (Å²) in [5, 5.41) is 0. The number of ether oxygens (including phenoxy) is 3. The van der Waals surface area contributed by atoms with Gasteiger partial charge in [0.2, 0.25) is 0 Å². The Balaban J connectivity index is 4.32. The molecule has 0 spiro atoms. The molecule has 6 nitrogen and oxygen atoms in total. The Hall–Kier alpha value is -5.49. The summed E-state index contributed by atoms with van der Waals surface area (Å²) in [4.78, 5) is 37.8. The van der Waals surface area contributed by atoms with Gasteiger partial charge in [-0.2, -0.15) is 0 Å².